The first-order valence-electron chi connectivity index (χ1n) is 14.5. The molecule has 4 atom stereocenters. The Morgan fingerprint density at radius 2 is 0.820 bits per heavy atom. The molecule has 1 rings (SSSR count). The second-order valence-electron chi connectivity index (χ2n) is 8.98. The Hall–Kier alpha value is -6.12. The van der Waals surface area contributed by atoms with E-state index in [2.05, 4.69) is 47.6 Å². The average molecular weight is 715 g/mol. The van der Waals surface area contributed by atoms with E-state index in [-0.39, 0.29) is 52.6 Å². The van der Waals surface area contributed by atoms with Crippen LogP contribution in [0, 0.1) is 0 Å². The molecule has 4 amide bonds. The summed E-state index contributed by atoms with van der Waals surface area (Å²) in [6.45, 7) is 10.4. The van der Waals surface area contributed by atoms with Gasteiger partial charge in [-0.2, -0.15) is 0 Å². The van der Waals surface area contributed by atoms with Crippen LogP contribution in [0.1, 0.15) is 0 Å². The van der Waals surface area contributed by atoms with Crippen molar-refractivity contribution in [2.24, 2.45) is 0 Å². The highest BCUT2D eigenvalue weighted by molar-refractivity contribution is 5.82. The molecule has 21 heteroatoms. The zero-order valence-electron chi connectivity index (χ0n) is 26.8. The molecule has 0 saturated carbocycles. The zero-order valence-corrected chi connectivity index (χ0v) is 26.8. The number of esters is 4. The smallest absolute Gasteiger partial charge is 0.409 e. The molecule has 0 spiro atoms. The molecule has 1 heterocycles. The first-order valence-corrected chi connectivity index (χ1v) is 14.5. The highest BCUT2D eigenvalue weighted by Gasteiger charge is 2.52. The van der Waals surface area contributed by atoms with Gasteiger partial charge in [0.2, 0.25) is 12.4 Å². The Balaban J connectivity index is 3.09. The third-order valence-corrected chi connectivity index (χ3v) is 5.49. The van der Waals surface area contributed by atoms with Crippen LogP contribution in [0.2, 0.25) is 0 Å². The second-order valence-corrected chi connectivity index (χ2v) is 8.98. The number of amides is 4. The highest BCUT2D eigenvalue weighted by Crippen LogP contribution is 2.28. The molecule has 4 N–H and O–H groups in total. The topological polar surface area (TPSA) is 268 Å². The molecule has 1 aliphatic rings. The van der Waals surface area contributed by atoms with Gasteiger partial charge in [-0.25, -0.2) is 38.4 Å². The molecule has 276 valence electrons. The first-order chi connectivity index (χ1) is 23.9. The molecule has 0 radical (unpaired) electrons. The Labute approximate surface area is 285 Å². The van der Waals surface area contributed by atoms with Crippen molar-refractivity contribution in [1.29, 1.82) is 0 Å². The second kappa shape index (κ2) is 24.1. The molecule has 0 aliphatic carbocycles. The van der Waals surface area contributed by atoms with Crippen LogP contribution >= 0.6 is 0 Å². The minimum atomic E-state index is -1.80. The maximum atomic E-state index is 12.7. The van der Waals surface area contributed by atoms with Gasteiger partial charge in [0.15, 0.2) is 6.10 Å². The number of alkyl carbamates (subject to hydrolysis) is 4. The predicted molar refractivity (Wildman–Crippen MR) is 164 cm³/mol. The van der Waals surface area contributed by atoms with Gasteiger partial charge in [-0.05, 0) is 0 Å². The SMILES string of the molecule is C=CC(=O)OCCNC(=O)OCC1OC(OC(=O)NCCOC(=O)C=C)C(OC(=O)NCCOC(=O)C=C)C1OC(=O)NCCOC(=O)C=C. The van der Waals surface area contributed by atoms with Gasteiger partial charge in [0.25, 0.3) is 0 Å². The maximum Gasteiger partial charge on any atom is 0.409 e. The predicted octanol–water partition coefficient (Wildman–Crippen LogP) is -0.730. The summed E-state index contributed by atoms with van der Waals surface area (Å²) in [5.74, 6) is -2.99. The Morgan fingerprint density at radius 3 is 1.20 bits per heavy atom. The summed E-state index contributed by atoms with van der Waals surface area (Å²) < 4.78 is 45.7. The summed E-state index contributed by atoms with van der Waals surface area (Å²) in [5, 5.41) is 9.09. The zero-order chi connectivity index (χ0) is 37.3. The van der Waals surface area contributed by atoms with Crippen molar-refractivity contribution in [3.8, 4) is 0 Å². The van der Waals surface area contributed by atoms with Gasteiger partial charge in [0.05, 0.1) is 26.2 Å². The number of carbonyl (C=O) groups excluding carboxylic acids is 8. The van der Waals surface area contributed by atoms with E-state index < -0.39 is 79.5 Å². The molecule has 0 aromatic rings. The van der Waals surface area contributed by atoms with E-state index in [9.17, 15) is 38.4 Å². The van der Waals surface area contributed by atoms with Crippen LogP contribution in [0.4, 0.5) is 19.2 Å². The van der Waals surface area contributed by atoms with E-state index in [4.69, 9.17) is 42.6 Å². The number of carbonyl (C=O) groups is 8. The lowest BCUT2D eigenvalue weighted by molar-refractivity contribution is -0.140. The molecule has 1 saturated heterocycles. The number of ether oxygens (including phenoxy) is 9. The van der Waals surface area contributed by atoms with Gasteiger partial charge in [0, 0.05) is 24.3 Å². The summed E-state index contributed by atoms with van der Waals surface area (Å²) in [6.07, 6.45) is -7.44. The van der Waals surface area contributed by atoms with E-state index >= 15 is 0 Å². The van der Waals surface area contributed by atoms with Crippen molar-refractivity contribution < 1.29 is 81.0 Å². The molecule has 0 bridgehead atoms. The molecule has 0 aromatic heterocycles. The Kier molecular flexibility index (Phi) is 20.2. The first kappa shape index (κ1) is 41.9. The summed E-state index contributed by atoms with van der Waals surface area (Å²) >= 11 is 0. The highest BCUT2D eigenvalue weighted by atomic mass is 16.8. The van der Waals surface area contributed by atoms with Crippen molar-refractivity contribution >= 4 is 48.3 Å². The minimum absolute atomic E-state index is 0.162. The molecular weight excluding hydrogens is 676 g/mol. The number of nitrogens with one attached hydrogen (secondary N) is 4. The van der Waals surface area contributed by atoms with Crippen LogP contribution in [-0.4, -0.2) is 132 Å². The molecular formula is C29H38N4O17. The van der Waals surface area contributed by atoms with Crippen LogP contribution in [0.25, 0.3) is 0 Å². The molecule has 1 aliphatic heterocycles. The Morgan fingerprint density at radius 1 is 0.480 bits per heavy atom. The van der Waals surface area contributed by atoms with Gasteiger partial charge in [-0.3, -0.25) is 0 Å². The van der Waals surface area contributed by atoms with Crippen molar-refractivity contribution in [3.05, 3.63) is 50.6 Å². The normalized spacial score (nSPS) is 17.2. The summed E-state index contributed by atoms with van der Waals surface area (Å²) in [6, 6.07) is 0. The monoisotopic (exact) mass is 714 g/mol. The number of rotatable bonds is 21. The maximum absolute atomic E-state index is 12.7. The van der Waals surface area contributed by atoms with Gasteiger partial charge >= 0.3 is 48.3 Å². The van der Waals surface area contributed by atoms with Crippen molar-refractivity contribution in [1.82, 2.24) is 21.3 Å². The van der Waals surface area contributed by atoms with Gasteiger partial charge in [0.1, 0.15) is 39.1 Å². The van der Waals surface area contributed by atoms with Crippen LogP contribution in [0.15, 0.2) is 50.6 Å². The summed E-state index contributed by atoms with van der Waals surface area (Å²) in [5.41, 5.74) is 0. The lowest BCUT2D eigenvalue weighted by Gasteiger charge is -2.24. The van der Waals surface area contributed by atoms with Gasteiger partial charge < -0.3 is 63.9 Å². The molecule has 50 heavy (non-hydrogen) atoms. The average Bonchev–Trinajstić information content (AvgIpc) is 3.41. The fraction of sp³-hybridized carbons (Fsp3) is 0.448. The lowest BCUT2D eigenvalue weighted by Crippen LogP contribution is -2.47. The Bertz CT molecular complexity index is 1260. The van der Waals surface area contributed by atoms with E-state index in [1.165, 1.54) is 0 Å². The minimum Gasteiger partial charge on any atom is -0.461 e. The van der Waals surface area contributed by atoms with E-state index in [0.717, 1.165) is 24.3 Å². The molecule has 21 nitrogen and oxygen atoms in total. The molecule has 4 unspecified atom stereocenters. The third kappa shape index (κ3) is 17.7. The van der Waals surface area contributed by atoms with E-state index in [1.54, 1.807) is 0 Å². The summed E-state index contributed by atoms with van der Waals surface area (Å²) in [7, 11) is 0. The van der Waals surface area contributed by atoms with Gasteiger partial charge in [-0.1, -0.05) is 26.3 Å². The molecule has 0 aromatic carbocycles. The van der Waals surface area contributed by atoms with E-state index in [1.807, 2.05) is 0 Å². The quantitative estimate of drug-likeness (QED) is 0.0494. The fourth-order valence-corrected chi connectivity index (χ4v) is 3.33. The molecule has 1 fully saturated rings. The number of hydrogen-bond donors (Lipinski definition) is 4. The van der Waals surface area contributed by atoms with Crippen LogP contribution < -0.4 is 21.3 Å². The summed E-state index contributed by atoms with van der Waals surface area (Å²) in [4.78, 5) is 95.0. The largest absolute Gasteiger partial charge is 0.461 e. The van der Waals surface area contributed by atoms with Crippen molar-refractivity contribution in [2.75, 3.05) is 59.2 Å². The van der Waals surface area contributed by atoms with Gasteiger partial charge in [-0.15, -0.1) is 0 Å². The fourth-order valence-electron chi connectivity index (χ4n) is 3.33. The number of hydrogen-bond acceptors (Lipinski definition) is 17. The third-order valence-electron chi connectivity index (χ3n) is 5.49. The van der Waals surface area contributed by atoms with Crippen LogP contribution in [-0.2, 0) is 61.8 Å². The van der Waals surface area contributed by atoms with E-state index in [0.29, 0.717) is 0 Å². The van der Waals surface area contributed by atoms with Crippen molar-refractivity contribution in [2.45, 2.75) is 24.6 Å². The van der Waals surface area contributed by atoms with Crippen molar-refractivity contribution in [3.63, 3.8) is 0 Å². The lowest BCUT2D eigenvalue weighted by atomic mass is 10.1. The van der Waals surface area contributed by atoms with Crippen LogP contribution in [0.5, 0.6) is 0 Å². The van der Waals surface area contributed by atoms with Crippen LogP contribution in [0.3, 0.4) is 0 Å². The standard InChI is InChI=1S/C29H38N4O17/c1-5-19(34)42-13-9-30-26(38)46-17-18-23(48-27(39)31-10-14-43-20(35)6-2)24(49-28(40)32-11-15-44-21(36)7-3)25(47-18)50-29(41)33-12-16-45-22(37)8-4/h5-8,18,23-25H,1-4,9-17H2,(H,30,38)(H,31,39)(H,32,40)(H,33,41).